The molecule has 0 saturated carbocycles. The summed E-state index contributed by atoms with van der Waals surface area (Å²) in [5, 5.41) is 9.40. The van der Waals surface area contributed by atoms with E-state index >= 15 is 0 Å². The van der Waals surface area contributed by atoms with E-state index in [0.29, 0.717) is 26.1 Å². The number of nitrogens with zero attached hydrogens (tertiary/aromatic N) is 2. The highest BCUT2D eigenvalue weighted by Crippen LogP contribution is 2.14. The molecule has 1 aliphatic rings. The second kappa shape index (κ2) is 7.70. The molecular weight excluding hydrogens is 283 g/mol. The van der Waals surface area contributed by atoms with Crippen LogP contribution in [0, 0.1) is 11.7 Å². The minimum Gasteiger partial charge on any atom is -0.392 e. The monoisotopic (exact) mass is 308 g/mol. The molecule has 0 aliphatic carbocycles. The molecule has 5 heteroatoms. The number of piperazine rings is 1. The summed E-state index contributed by atoms with van der Waals surface area (Å²) in [4.78, 5) is 16.5. The number of aliphatic hydroxyl groups is 1. The first-order valence-electron chi connectivity index (χ1n) is 7.89. The number of hydrogen-bond donors (Lipinski definition) is 1. The van der Waals surface area contributed by atoms with Gasteiger partial charge < -0.3 is 10.0 Å². The van der Waals surface area contributed by atoms with Crippen molar-refractivity contribution in [1.82, 2.24) is 9.80 Å². The summed E-state index contributed by atoms with van der Waals surface area (Å²) in [6.45, 7) is 7.31. The number of carbonyl (C=O) groups is 1. The van der Waals surface area contributed by atoms with E-state index in [4.69, 9.17) is 0 Å². The number of β-amino-alcohol motifs (C(OH)–C–C–N with tert-alkyl or cyclic N) is 1. The molecule has 4 nitrogen and oxygen atoms in total. The maximum atomic E-state index is 13.2. The SMILES string of the molecule is CC(O)CN1CCN(C(=O)C(C)Cc2cccc(F)c2)CC1. The molecule has 122 valence electrons. The normalized spacial score (nSPS) is 19.0. The first-order valence-corrected chi connectivity index (χ1v) is 7.89. The lowest BCUT2D eigenvalue weighted by atomic mass is 9.99. The van der Waals surface area contributed by atoms with E-state index in [-0.39, 0.29) is 23.7 Å². The Morgan fingerprint density at radius 2 is 1.95 bits per heavy atom. The molecule has 1 aromatic carbocycles. The Morgan fingerprint density at radius 3 is 2.55 bits per heavy atom. The zero-order chi connectivity index (χ0) is 16.1. The average molecular weight is 308 g/mol. The second-order valence-corrected chi connectivity index (χ2v) is 6.21. The number of aliphatic hydroxyl groups excluding tert-OH is 1. The first-order chi connectivity index (χ1) is 10.5. The fraction of sp³-hybridized carbons (Fsp3) is 0.588. The Morgan fingerprint density at radius 1 is 1.27 bits per heavy atom. The van der Waals surface area contributed by atoms with Gasteiger partial charge in [-0.3, -0.25) is 9.69 Å². The number of hydrogen-bond acceptors (Lipinski definition) is 3. The van der Waals surface area contributed by atoms with Gasteiger partial charge in [-0.25, -0.2) is 4.39 Å². The van der Waals surface area contributed by atoms with Crippen molar-refractivity contribution >= 4 is 5.91 Å². The van der Waals surface area contributed by atoms with Gasteiger partial charge in [0, 0.05) is 38.6 Å². The zero-order valence-corrected chi connectivity index (χ0v) is 13.3. The third-order valence-corrected chi connectivity index (χ3v) is 4.06. The number of rotatable bonds is 5. The number of carbonyl (C=O) groups excluding carboxylic acids is 1. The van der Waals surface area contributed by atoms with E-state index in [1.54, 1.807) is 13.0 Å². The van der Waals surface area contributed by atoms with Gasteiger partial charge in [-0.15, -0.1) is 0 Å². The Labute approximate surface area is 131 Å². The van der Waals surface area contributed by atoms with Crippen LogP contribution in [0.25, 0.3) is 0 Å². The van der Waals surface area contributed by atoms with Crippen LogP contribution in [0.2, 0.25) is 0 Å². The van der Waals surface area contributed by atoms with Crippen LogP contribution in [0.4, 0.5) is 4.39 Å². The summed E-state index contributed by atoms with van der Waals surface area (Å²) in [5.74, 6) is -0.282. The average Bonchev–Trinajstić information content (AvgIpc) is 2.46. The quantitative estimate of drug-likeness (QED) is 0.897. The first kappa shape index (κ1) is 16.9. The largest absolute Gasteiger partial charge is 0.392 e. The van der Waals surface area contributed by atoms with Crippen molar-refractivity contribution in [2.45, 2.75) is 26.4 Å². The highest BCUT2D eigenvalue weighted by molar-refractivity contribution is 5.79. The summed E-state index contributed by atoms with van der Waals surface area (Å²) in [6, 6.07) is 6.44. The van der Waals surface area contributed by atoms with Gasteiger partial charge in [0.25, 0.3) is 0 Å². The standard InChI is InChI=1S/C17H25FN2O2/c1-13(10-15-4-3-5-16(18)11-15)17(22)20-8-6-19(7-9-20)12-14(2)21/h3-5,11,13-14,21H,6-10,12H2,1-2H3. The van der Waals surface area contributed by atoms with E-state index in [0.717, 1.165) is 18.7 Å². The molecule has 1 heterocycles. The fourth-order valence-electron chi connectivity index (χ4n) is 2.94. The maximum Gasteiger partial charge on any atom is 0.225 e. The van der Waals surface area contributed by atoms with Crippen LogP contribution in [0.3, 0.4) is 0 Å². The van der Waals surface area contributed by atoms with Crippen LogP contribution in [0.1, 0.15) is 19.4 Å². The van der Waals surface area contributed by atoms with E-state index in [1.807, 2.05) is 17.9 Å². The Kier molecular flexibility index (Phi) is 5.91. The lowest BCUT2D eigenvalue weighted by Crippen LogP contribution is -2.51. The van der Waals surface area contributed by atoms with Gasteiger partial charge in [0.15, 0.2) is 0 Å². The lowest BCUT2D eigenvalue weighted by Gasteiger charge is -2.36. The van der Waals surface area contributed by atoms with Crippen LogP contribution in [0.15, 0.2) is 24.3 Å². The van der Waals surface area contributed by atoms with E-state index in [9.17, 15) is 14.3 Å². The molecule has 2 atom stereocenters. The zero-order valence-electron chi connectivity index (χ0n) is 13.3. The summed E-state index contributed by atoms with van der Waals surface area (Å²) >= 11 is 0. The molecule has 0 bridgehead atoms. The third-order valence-electron chi connectivity index (χ3n) is 4.06. The van der Waals surface area contributed by atoms with Gasteiger partial charge in [0.2, 0.25) is 5.91 Å². The summed E-state index contributed by atoms with van der Waals surface area (Å²) in [7, 11) is 0. The topological polar surface area (TPSA) is 43.8 Å². The Hall–Kier alpha value is -1.46. The molecule has 2 unspecified atom stereocenters. The molecule has 1 amide bonds. The van der Waals surface area contributed by atoms with Gasteiger partial charge in [-0.05, 0) is 31.0 Å². The van der Waals surface area contributed by atoms with Gasteiger partial charge in [0.05, 0.1) is 6.10 Å². The maximum absolute atomic E-state index is 13.2. The van der Waals surface area contributed by atoms with Gasteiger partial charge in [-0.1, -0.05) is 19.1 Å². The molecule has 1 N–H and O–H groups in total. The second-order valence-electron chi connectivity index (χ2n) is 6.21. The predicted octanol–water partition coefficient (Wildman–Crippen LogP) is 1.53. The molecule has 1 fully saturated rings. The van der Waals surface area contributed by atoms with Crippen molar-refractivity contribution in [2.24, 2.45) is 5.92 Å². The van der Waals surface area contributed by atoms with Crippen LogP contribution in [-0.2, 0) is 11.2 Å². The molecule has 1 aliphatic heterocycles. The van der Waals surface area contributed by atoms with Crippen molar-refractivity contribution in [1.29, 1.82) is 0 Å². The van der Waals surface area contributed by atoms with Gasteiger partial charge in [0.1, 0.15) is 5.82 Å². The van der Waals surface area contributed by atoms with Crippen molar-refractivity contribution < 1.29 is 14.3 Å². The van der Waals surface area contributed by atoms with Crippen molar-refractivity contribution in [3.63, 3.8) is 0 Å². The number of benzene rings is 1. The van der Waals surface area contributed by atoms with E-state index in [1.165, 1.54) is 12.1 Å². The highest BCUT2D eigenvalue weighted by atomic mass is 19.1. The van der Waals surface area contributed by atoms with Crippen molar-refractivity contribution in [3.05, 3.63) is 35.6 Å². The number of amides is 1. The predicted molar refractivity (Wildman–Crippen MR) is 84.0 cm³/mol. The highest BCUT2D eigenvalue weighted by Gasteiger charge is 2.25. The van der Waals surface area contributed by atoms with Crippen molar-refractivity contribution in [3.8, 4) is 0 Å². The molecular formula is C17H25FN2O2. The van der Waals surface area contributed by atoms with E-state index < -0.39 is 0 Å². The summed E-state index contributed by atoms with van der Waals surface area (Å²) in [6.07, 6.45) is 0.221. The van der Waals surface area contributed by atoms with E-state index in [2.05, 4.69) is 4.90 Å². The smallest absolute Gasteiger partial charge is 0.225 e. The Bertz CT molecular complexity index is 499. The van der Waals surface area contributed by atoms with Crippen LogP contribution >= 0.6 is 0 Å². The fourth-order valence-corrected chi connectivity index (χ4v) is 2.94. The minimum absolute atomic E-state index is 0.126. The molecule has 2 rings (SSSR count). The summed E-state index contributed by atoms with van der Waals surface area (Å²) in [5.41, 5.74) is 0.855. The Balaban J connectivity index is 1.84. The van der Waals surface area contributed by atoms with Gasteiger partial charge >= 0.3 is 0 Å². The molecule has 0 spiro atoms. The lowest BCUT2D eigenvalue weighted by molar-refractivity contribution is -0.136. The minimum atomic E-state index is -0.339. The molecule has 1 saturated heterocycles. The third kappa shape index (κ3) is 4.78. The molecule has 0 radical (unpaired) electrons. The molecule has 1 aromatic rings. The molecule has 22 heavy (non-hydrogen) atoms. The summed E-state index contributed by atoms with van der Waals surface area (Å²) < 4.78 is 13.2. The van der Waals surface area contributed by atoms with Crippen molar-refractivity contribution in [2.75, 3.05) is 32.7 Å². The van der Waals surface area contributed by atoms with Gasteiger partial charge in [-0.2, -0.15) is 0 Å². The van der Waals surface area contributed by atoms with Crippen LogP contribution in [0.5, 0.6) is 0 Å². The number of halogens is 1. The molecule has 0 aromatic heterocycles. The van der Waals surface area contributed by atoms with Crippen LogP contribution in [-0.4, -0.2) is 59.6 Å². The van der Waals surface area contributed by atoms with Crippen LogP contribution < -0.4 is 0 Å².